The van der Waals surface area contributed by atoms with Crippen molar-refractivity contribution in [1.29, 1.82) is 0 Å². The summed E-state index contributed by atoms with van der Waals surface area (Å²) in [4.78, 5) is 4.50. The van der Waals surface area contributed by atoms with Crippen LogP contribution in [0.15, 0.2) is 0 Å². The molecule has 0 aliphatic heterocycles. The van der Waals surface area contributed by atoms with Crippen LogP contribution in [-0.4, -0.2) is 21.2 Å². The Labute approximate surface area is 83.5 Å². The van der Waals surface area contributed by atoms with Crippen LogP contribution in [0.5, 0.6) is 0 Å². The van der Waals surface area contributed by atoms with Gasteiger partial charge in [-0.05, 0) is 25.7 Å². The van der Waals surface area contributed by atoms with Crippen LogP contribution in [0.4, 0.5) is 0 Å². The zero-order chi connectivity index (χ0) is 9.38. The molecule has 1 heterocycles. The minimum Gasteiger partial charge on any atom is -0.307 e. The summed E-state index contributed by atoms with van der Waals surface area (Å²) in [5.74, 6) is 2.67. The number of hydrogen-bond acceptors (Lipinski definition) is 3. The molecule has 0 bridgehead atoms. The van der Waals surface area contributed by atoms with E-state index in [1.165, 1.54) is 32.1 Å². The summed E-state index contributed by atoms with van der Waals surface area (Å²) in [5, 5.41) is 10.7. The largest absolute Gasteiger partial charge is 0.307 e. The van der Waals surface area contributed by atoms with Crippen molar-refractivity contribution < 1.29 is 0 Å². The van der Waals surface area contributed by atoms with Gasteiger partial charge in [-0.25, -0.2) is 4.98 Å². The van der Waals surface area contributed by atoms with Crippen LogP contribution in [0, 0.1) is 0 Å². The minimum absolute atomic E-state index is 0.640. The Hall–Kier alpha value is -0.900. The maximum absolute atomic E-state index is 4.50. The smallest absolute Gasteiger partial charge is 0.153 e. The second kappa shape index (κ2) is 3.35. The third kappa shape index (κ3) is 1.66. The van der Waals surface area contributed by atoms with Crippen molar-refractivity contribution in [2.24, 2.45) is 0 Å². The summed E-state index contributed by atoms with van der Waals surface area (Å²) < 4.78 is 0. The van der Waals surface area contributed by atoms with Crippen molar-refractivity contribution in [1.82, 2.24) is 20.5 Å². The maximum atomic E-state index is 4.50. The number of rotatable bonds is 4. The van der Waals surface area contributed by atoms with E-state index in [1.54, 1.807) is 0 Å². The molecule has 0 saturated heterocycles. The van der Waals surface area contributed by atoms with Gasteiger partial charge in [-0.15, -0.1) is 0 Å². The molecule has 4 nitrogen and oxygen atoms in total. The normalized spacial score (nSPS) is 22.3. The van der Waals surface area contributed by atoms with E-state index in [4.69, 9.17) is 0 Å². The highest BCUT2D eigenvalue weighted by molar-refractivity contribution is 5.01. The number of aromatic nitrogens is 3. The third-order valence-corrected chi connectivity index (χ3v) is 3.15. The zero-order valence-electron chi connectivity index (χ0n) is 8.29. The van der Waals surface area contributed by atoms with Gasteiger partial charge in [0.15, 0.2) is 5.82 Å². The van der Waals surface area contributed by atoms with E-state index < -0.39 is 0 Å². The number of aromatic amines is 1. The SMILES string of the molecule is C1CC(c2n[nH]c(CNC3CC3)n2)C1. The van der Waals surface area contributed by atoms with E-state index in [-0.39, 0.29) is 0 Å². The molecule has 14 heavy (non-hydrogen) atoms. The molecule has 0 unspecified atom stereocenters. The van der Waals surface area contributed by atoms with Crippen molar-refractivity contribution in [3.05, 3.63) is 11.6 Å². The molecule has 0 spiro atoms. The summed E-state index contributed by atoms with van der Waals surface area (Å²) >= 11 is 0. The Bertz CT molecular complexity index is 312. The molecule has 0 aromatic carbocycles. The molecule has 0 atom stereocenters. The zero-order valence-corrected chi connectivity index (χ0v) is 8.29. The number of hydrogen-bond donors (Lipinski definition) is 2. The summed E-state index contributed by atoms with van der Waals surface area (Å²) in [6, 6.07) is 0.743. The van der Waals surface area contributed by atoms with Crippen LogP contribution in [-0.2, 0) is 6.54 Å². The summed E-state index contributed by atoms with van der Waals surface area (Å²) in [7, 11) is 0. The molecule has 4 heteroatoms. The first-order valence-electron chi connectivity index (χ1n) is 5.56. The Morgan fingerprint density at radius 3 is 2.79 bits per heavy atom. The van der Waals surface area contributed by atoms with Gasteiger partial charge in [0, 0.05) is 12.0 Å². The molecule has 2 aliphatic carbocycles. The predicted octanol–water partition coefficient (Wildman–Crippen LogP) is 1.32. The lowest BCUT2D eigenvalue weighted by molar-refractivity contribution is 0.402. The molecule has 3 rings (SSSR count). The van der Waals surface area contributed by atoms with Gasteiger partial charge in [0.05, 0.1) is 6.54 Å². The van der Waals surface area contributed by atoms with Gasteiger partial charge < -0.3 is 5.32 Å². The highest BCUT2D eigenvalue weighted by Gasteiger charge is 2.24. The quantitative estimate of drug-likeness (QED) is 0.756. The van der Waals surface area contributed by atoms with Crippen molar-refractivity contribution in [2.45, 2.75) is 50.6 Å². The summed E-state index contributed by atoms with van der Waals surface area (Å²) in [6.07, 6.45) is 6.53. The number of H-pyrrole nitrogens is 1. The van der Waals surface area contributed by atoms with E-state index in [1.807, 2.05) is 0 Å². The van der Waals surface area contributed by atoms with Crippen LogP contribution >= 0.6 is 0 Å². The highest BCUT2D eigenvalue weighted by atomic mass is 15.2. The van der Waals surface area contributed by atoms with Crippen LogP contribution < -0.4 is 5.32 Å². The van der Waals surface area contributed by atoms with Crippen molar-refractivity contribution in [2.75, 3.05) is 0 Å². The highest BCUT2D eigenvalue weighted by Crippen LogP contribution is 2.34. The summed E-state index contributed by atoms with van der Waals surface area (Å²) in [6.45, 7) is 0.852. The topological polar surface area (TPSA) is 53.6 Å². The number of nitrogens with zero attached hydrogens (tertiary/aromatic N) is 2. The van der Waals surface area contributed by atoms with Gasteiger partial charge in [0.1, 0.15) is 5.82 Å². The number of nitrogens with one attached hydrogen (secondary N) is 2. The van der Waals surface area contributed by atoms with Gasteiger partial charge in [0.2, 0.25) is 0 Å². The molecular weight excluding hydrogens is 176 g/mol. The molecule has 1 aromatic rings. The average Bonchev–Trinajstić information content (AvgIpc) is 2.82. The fourth-order valence-corrected chi connectivity index (χ4v) is 1.77. The van der Waals surface area contributed by atoms with Gasteiger partial charge in [0.25, 0.3) is 0 Å². The van der Waals surface area contributed by atoms with Gasteiger partial charge in [-0.2, -0.15) is 5.10 Å². The summed E-state index contributed by atoms with van der Waals surface area (Å²) in [5.41, 5.74) is 0. The van der Waals surface area contributed by atoms with Gasteiger partial charge in [-0.3, -0.25) is 5.10 Å². The Balaban J connectivity index is 1.58. The van der Waals surface area contributed by atoms with E-state index >= 15 is 0 Å². The minimum atomic E-state index is 0.640. The molecule has 0 amide bonds. The lowest BCUT2D eigenvalue weighted by Gasteiger charge is -2.21. The Morgan fingerprint density at radius 1 is 1.29 bits per heavy atom. The first-order valence-corrected chi connectivity index (χ1v) is 5.56. The average molecular weight is 192 g/mol. The molecule has 2 aliphatic rings. The molecular formula is C10H16N4. The Kier molecular flexibility index (Phi) is 2.01. The van der Waals surface area contributed by atoms with Crippen LogP contribution in [0.1, 0.15) is 49.7 Å². The fraction of sp³-hybridized carbons (Fsp3) is 0.800. The first-order chi connectivity index (χ1) is 6.92. The van der Waals surface area contributed by atoms with Gasteiger partial charge >= 0.3 is 0 Å². The molecule has 2 N–H and O–H groups in total. The van der Waals surface area contributed by atoms with Crippen LogP contribution in [0.2, 0.25) is 0 Å². The fourth-order valence-electron chi connectivity index (χ4n) is 1.77. The van der Waals surface area contributed by atoms with Crippen molar-refractivity contribution in [3.63, 3.8) is 0 Å². The van der Waals surface area contributed by atoms with Crippen LogP contribution in [0.25, 0.3) is 0 Å². The molecule has 2 fully saturated rings. The lowest BCUT2D eigenvalue weighted by atomic mass is 9.85. The third-order valence-electron chi connectivity index (χ3n) is 3.15. The van der Waals surface area contributed by atoms with Crippen LogP contribution in [0.3, 0.4) is 0 Å². The predicted molar refractivity (Wildman–Crippen MR) is 52.8 cm³/mol. The van der Waals surface area contributed by atoms with E-state index in [0.29, 0.717) is 5.92 Å². The second-order valence-electron chi connectivity index (χ2n) is 4.42. The van der Waals surface area contributed by atoms with Crippen molar-refractivity contribution >= 4 is 0 Å². The standard InChI is InChI=1S/C10H16N4/c1-2-7(3-1)10-12-9(13-14-10)6-11-8-4-5-8/h7-8,11H,1-6H2,(H,12,13,14). The van der Waals surface area contributed by atoms with Gasteiger partial charge in [-0.1, -0.05) is 6.42 Å². The molecule has 1 aromatic heterocycles. The second-order valence-corrected chi connectivity index (χ2v) is 4.42. The lowest BCUT2D eigenvalue weighted by Crippen LogP contribution is -2.16. The van der Waals surface area contributed by atoms with E-state index in [9.17, 15) is 0 Å². The first kappa shape index (κ1) is 8.41. The van der Waals surface area contributed by atoms with E-state index in [2.05, 4.69) is 20.5 Å². The Morgan fingerprint density at radius 2 is 2.14 bits per heavy atom. The monoisotopic (exact) mass is 192 g/mol. The maximum Gasteiger partial charge on any atom is 0.153 e. The molecule has 0 radical (unpaired) electrons. The molecule has 76 valence electrons. The van der Waals surface area contributed by atoms with Crippen molar-refractivity contribution in [3.8, 4) is 0 Å². The molecule has 2 saturated carbocycles. The van der Waals surface area contributed by atoms with E-state index in [0.717, 1.165) is 24.2 Å².